The zero-order valence-electron chi connectivity index (χ0n) is 20.7. The molecule has 216 valence electrons. The first kappa shape index (κ1) is 28.2. The number of hydrogen-bond acceptors (Lipinski definition) is 14. The van der Waals surface area contributed by atoms with Crippen LogP contribution in [-0.2, 0) is 14.2 Å². The molecular weight excluding hydrogens is 536 g/mol. The number of ether oxygens (including phenoxy) is 4. The van der Waals surface area contributed by atoms with Gasteiger partial charge in [-0.2, -0.15) is 0 Å². The number of aliphatic hydroxyl groups is 6. The quantitative estimate of drug-likeness (QED) is 0.164. The minimum absolute atomic E-state index is 0.0169. The van der Waals surface area contributed by atoms with E-state index < -0.39 is 79.7 Å². The van der Waals surface area contributed by atoms with Crippen molar-refractivity contribution in [2.75, 3.05) is 13.2 Å². The molecule has 0 bridgehead atoms. The van der Waals surface area contributed by atoms with E-state index in [1.807, 2.05) is 0 Å². The third kappa shape index (κ3) is 5.24. The highest BCUT2D eigenvalue weighted by Gasteiger charge is 2.51. The van der Waals surface area contributed by atoms with Gasteiger partial charge in [0.05, 0.1) is 13.2 Å². The summed E-state index contributed by atoms with van der Waals surface area (Å²) in [5.41, 5.74) is -0.0955. The van der Waals surface area contributed by atoms with Gasteiger partial charge < -0.3 is 64.2 Å². The minimum atomic E-state index is -1.68. The summed E-state index contributed by atoms with van der Waals surface area (Å²) < 4.78 is 27.7. The number of benzene rings is 2. The van der Waals surface area contributed by atoms with Crippen molar-refractivity contribution in [1.29, 1.82) is 0 Å². The van der Waals surface area contributed by atoms with Crippen LogP contribution < -0.4 is 10.2 Å². The lowest BCUT2D eigenvalue weighted by Crippen LogP contribution is -2.62. The second kappa shape index (κ2) is 11.3. The predicted molar refractivity (Wildman–Crippen MR) is 132 cm³/mol. The molecule has 0 radical (unpaired) electrons. The van der Waals surface area contributed by atoms with Crippen LogP contribution in [0.15, 0.2) is 51.7 Å². The molecule has 40 heavy (non-hydrogen) atoms. The van der Waals surface area contributed by atoms with Crippen molar-refractivity contribution in [2.45, 2.75) is 55.3 Å². The summed E-state index contributed by atoms with van der Waals surface area (Å²) in [7, 11) is 0. The van der Waals surface area contributed by atoms with E-state index >= 15 is 0 Å². The molecule has 0 amide bonds. The average Bonchev–Trinajstić information content (AvgIpc) is 3.20. The Balaban J connectivity index is 1.29. The third-order valence-corrected chi connectivity index (χ3v) is 6.80. The first-order valence-electron chi connectivity index (χ1n) is 12.3. The summed E-state index contributed by atoms with van der Waals surface area (Å²) in [4.78, 5) is 12.5. The van der Waals surface area contributed by atoms with E-state index in [2.05, 4.69) is 0 Å². The Labute approximate surface area is 225 Å². The van der Waals surface area contributed by atoms with E-state index in [4.69, 9.17) is 23.4 Å². The molecule has 2 saturated heterocycles. The summed E-state index contributed by atoms with van der Waals surface area (Å²) in [5.74, 6) is -0.378. The van der Waals surface area contributed by atoms with Crippen molar-refractivity contribution in [1.82, 2.24) is 0 Å². The summed E-state index contributed by atoms with van der Waals surface area (Å²) in [6, 6.07) is 9.41. The largest absolute Gasteiger partial charge is 0.508 e. The van der Waals surface area contributed by atoms with Crippen LogP contribution in [0, 0.1) is 0 Å². The van der Waals surface area contributed by atoms with Crippen LogP contribution in [0.4, 0.5) is 0 Å². The van der Waals surface area contributed by atoms with Crippen molar-refractivity contribution in [3.05, 3.63) is 52.7 Å². The van der Waals surface area contributed by atoms with E-state index in [-0.39, 0.29) is 28.2 Å². The normalized spacial score (nSPS) is 32.4. The molecular formula is C26H28O14. The highest BCUT2D eigenvalue weighted by atomic mass is 16.7. The number of phenolic OH excluding ortho intramolecular Hbond substituents is 2. The number of hydrogen-bond donors (Lipinski definition) is 8. The highest BCUT2D eigenvalue weighted by Crippen LogP contribution is 2.33. The molecule has 2 fully saturated rings. The van der Waals surface area contributed by atoms with Gasteiger partial charge in [-0.05, 0) is 24.3 Å². The van der Waals surface area contributed by atoms with Gasteiger partial charge in [0, 0.05) is 23.8 Å². The molecule has 14 nitrogen and oxygen atoms in total. The molecule has 3 heterocycles. The number of rotatable bonds is 7. The van der Waals surface area contributed by atoms with Gasteiger partial charge in [-0.1, -0.05) is 0 Å². The fraction of sp³-hybridized carbons (Fsp3) is 0.423. The van der Waals surface area contributed by atoms with Crippen LogP contribution in [0.2, 0.25) is 0 Å². The Morgan fingerprint density at radius 1 is 0.775 bits per heavy atom. The first-order chi connectivity index (χ1) is 19.1. The van der Waals surface area contributed by atoms with Crippen molar-refractivity contribution < 1.29 is 64.2 Å². The van der Waals surface area contributed by atoms with Crippen molar-refractivity contribution >= 4 is 11.0 Å². The Kier molecular flexibility index (Phi) is 7.96. The highest BCUT2D eigenvalue weighted by molar-refractivity contribution is 5.86. The Morgan fingerprint density at radius 2 is 1.43 bits per heavy atom. The fourth-order valence-corrected chi connectivity index (χ4v) is 4.68. The smallest absolute Gasteiger partial charge is 0.229 e. The molecule has 14 heteroatoms. The van der Waals surface area contributed by atoms with E-state index in [9.17, 15) is 45.6 Å². The second-order valence-corrected chi connectivity index (χ2v) is 9.47. The lowest BCUT2D eigenvalue weighted by molar-refractivity contribution is -0.315. The van der Waals surface area contributed by atoms with Crippen molar-refractivity contribution in [2.24, 2.45) is 0 Å². The van der Waals surface area contributed by atoms with E-state index in [0.717, 1.165) is 6.07 Å². The van der Waals surface area contributed by atoms with Gasteiger partial charge in [-0.15, -0.1) is 0 Å². The molecule has 0 aliphatic carbocycles. The molecule has 0 spiro atoms. The van der Waals surface area contributed by atoms with Gasteiger partial charge in [-0.3, -0.25) is 4.79 Å². The topological polar surface area (TPSA) is 229 Å². The third-order valence-electron chi connectivity index (χ3n) is 6.80. The summed E-state index contributed by atoms with van der Waals surface area (Å²) in [5, 5.41) is 80.0. The molecule has 0 saturated carbocycles. The first-order valence-corrected chi connectivity index (χ1v) is 12.3. The standard InChI is InChI=1S/C26H28O14/c27-8-17-20(32)22(34)26(38-17)40-24-18(9-28)39-25(23(35)21(24)33)36-12-3-1-10(2-4-12)15-7-14(31)19-13(30)5-11(29)6-16(19)37-15/h1-7,17-18,20-30,32-35H,8-9H2/t17-,18-,20+,21-,22-,23+,24-,25-,26+/m1/s1. The van der Waals surface area contributed by atoms with Crippen LogP contribution in [0.5, 0.6) is 17.2 Å². The number of aromatic hydroxyl groups is 2. The zero-order valence-corrected chi connectivity index (χ0v) is 20.7. The van der Waals surface area contributed by atoms with Gasteiger partial charge in [0.15, 0.2) is 11.7 Å². The molecule has 5 rings (SSSR count). The Morgan fingerprint density at radius 3 is 2.08 bits per heavy atom. The maximum Gasteiger partial charge on any atom is 0.229 e. The maximum atomic E-state index is 12.5. The average molecular weight is 564 g/mol. The van der Waals surface area contributed by atoms with Crippen LogP contribution in [0.1, 0.15) is 0 Å². The fourth-order valence-electron chi connectivity index (χ4n) is 4.68. The molecule has 2 aliphatic heterocycles. The molecule has 8 N–H and O–H groups in total. The van der Waals surface area contributed by atoms with Gasteiger partial charge >= 0.3 is 0 Å². The number of aliphatic hydroxyl groups excluding tert-OH is 6. The lowest BCUT2D eigenvalue weighted by atomic mass is 9.98. The van der Waals surface area contributed by atoms with Crippen molar-refractivity contribution in [3.63, 3.8) is 0 Å². The molecule has 9 atom stereocenters. The zero-order chi connectivity index (χ0) is 28.7. The summed E-state index contributed by atoms with van der Waals surface area (Å²) in [6.45, 7) is -1.27. The number of fused-ring (bicyclic) bond motifs is 1. The SMILES string of the molecule is O=c1cc(-c2ccc(O[C@@H]3O[C@H](CO)[C@@H](O[C@@H]4O[C@H](CO)[C@H](O)[C@H]4O)[C@H](O)[C@@H]3O)cc2)oc2cc(O)cc(O)c12. The van der Waals surface area contributed by atoms with Gasteiger partial charge in [0.1, 0.15) is 76.7 Å². The predicted octanol–water partition coefficient (Wildman–Crippen LogP) is -1.49. The van der Waals surface area contributed by atoms with Crippen LogP contribution in [0.25, 0.3) is 22.3 Å². The van der Waals surface area contributed by atoms with Crippen LogP contribution in [-0.4, -0.2) is 109 Å². The molecule has 3 aromatic rings. The Bertz CT molecular complexity index is 1390. The molecule has 2 aromatic carbocycles. The molecule has 2 aliphatic rings. The summed E-state index contributed by atoms with van der Waals surface area (Å²) in [6.07, 6.45) is -13.0. The minimum Gasteiger partial charge on any atom is -0.508 e. The molecule has 1 aromatic heterocycles. The van der Waals surface area contributed by atoms with Gasteiger partial charge in [-0.25, -0.2) is 0 Å². The lowest BCUT2D eigenvalue weighted by Gasteiger charge is -2.42. The van der Waals surface area contributed by atoms with Gasteiger partial charge in [0.2, 0.25) is 6.29 Å². The Hall–Kier alpha value is -3.31. The second-order valence-electron chi connectivity index (χ2n) is 9.47. The molecule has 0 unspecified atom stereocenters. The van der Waals surface area contributed by atoms with Crippen molar-refractivity contribution in [3.8, 4) is 28.6 Å². The number of phenols is 2. The monoisotopic (exact) mass is 564 g/mol. The van der Waals surface area contributed by atoms with E-state index in [1.165, 1.54) is 36.4 Å². The van der Waals surface area contributed by atoms with E-state index in [1.54, 1.807) is 0 Å². The van der Waals surface area contributed by atoms with Gasteiger partial charge in [0.25, 0.3) is 0 Å². The van der Waals surface area contributed by atoms with Crippen LogP contribution >= 0.6 is 0 Å². The maximum absolute atomic E-state index is 12.5. The summed E-state index contributed by atoms with van der Waals surface area (Å²) >= 11 is 0. The van der Waals surface area contributed by atoms with Crippen LogP contribution in [0.3, 0.4) is 0 Å². The van der Waals surface area contributed by atoms with E-state index in [0.29, 0.717) is 5.56 Å².